The van der Waals surface area contributed by atoms with E-state index in [2.05, 4.69) is 0 Å². The number of imide groups is 1. The fraction of sp³-hybridized carbons (Fsp3) is 0.333. The number of fused-ring (bicyclic) bond motifs is 1. The fourth-order valence-electron chi connectivity index (χ4n) is 1.94. The van der Waals surface area contributed by atoms with Crippen molar-refractivity contribution in [3.63, 3.8) is 0 Å². The molecule has 1 atom stereocenters. The predicted octanol–water partition coefficient (Wildman–Crippen LogP) is 1.71. The van der Waals surface area contributed by atoms with Crippen molar-refractivity contribution < 1.29 is 9.59 Å². The summed E-state index contributed by atoms with van der Waals surface area (Å²) >= 11 is 0. The summed E-state index contributed by atoms with van der Waals surface area (Å²) in [6, 6.07) is 5.65. The van der Waals surface area contributed by atoms with Gasteiger partial charge in [0, 0.05) is 12.6 Å². The molecule has 1 aromatic rings. The summed E-state index contributed by atoms with van der Waals surface area (Å²) in [6.07, 6.45) is 0. The van der Waals surface area contributed by atoms with Gasteiger partial charge in [0.05, 0.1) is 5.92 Å². The van der Waals surface area contributed by atoms with Crippen molar-refractivity contribution in [1.29, 1.82) is 0 Å². The van der Waals surface area contributed by atoms with Gasteiger partial charge >= 0.3 is 0 Å². The molecule has 2 rings (SSSR count). The van der Waals surface area contributed by atoms with Crippen molar-refractivity contribution >= 4 is 11.8 Å². The first kappa shape index (κ1) is 9.90. The molecule has 0 saturated heterocycles. The molecule has 0 radical (unpaired) electrons. The van der Waals surface area contributed by atoms with Crippen LogP contribution in [0.1, 0.15) is 34.3 Å². The van der Waals surface area contributed by atoms with E-state index in [1.165, 1.54) is 11.9 Å². The second-order valence-corrected chi connectivity index (χ2v) is 4.01. The average molecular weight is 203 g/mol. The second kappa shape index (κ2) is 3.19. The van der Waals surface area contributed by atoms with Crippen LogP contribution in [0.4, 0.5) is 0 Å². The molecule has 0 spiro atoms. The highest BCUT2D eigenvalue weighted by Crippen LogP contribution is 2.28. The lowest BCUT2D eigenvalue weighted by atomic mass is 9.89. The first-order chi connectivity index (χ1) is 7.02. The quantitative estimate of drug-likeness (QED) is 0.602. The Balaban J connectivity index is 2.64. The molecule has 2 amide bonds. The molecular formula is C12H13NO2. The number of rotatable bonds is 0. The smallest absolute Gasteiger partial charge is 0.260 e. The number of hydrogen-bond acceptors (Lipinski definition) is 2. The van der Waals surface area contributed by atoms with Crippen LogP contribution in [0.25, 0.3) is 0 Å². The normalized spacial score (nSPS) is 20.5. The highest BCUT2D eigenvalue weighted by atomic mass is 16.2. The van der Waals surface area contributed by atoms with Crippen LogP contribution in [0.5, 0.6) is 0 Å². The van der Waals surface area contributed by atoms with Crippen LogP contribution in [0.3, 0.4) is 0 Å². The minimum atomic E-state index is -0.219. The number of aryl methyl sites for hydroxylation is 1. The summed E-state index contributed by atoms with van der Waals surface area (Å²) in [7, 11) is 1.53. The third-order valence-electron chi connectivity index (χ3n) is 2.91. The van der Waals surface area contributed by atoms with E-state index >= 15 is 0 Å². The van der Waals surface area contributed by atoms with E-state index in [0.29, 0.717) is 5.56 Å². The lowest BCUT2D eigenvalue weighted by molar-refractivity contribution is -0.129. The fourth-order valence-corrected chi connectivity index (χ4v) is 1.94. The van der Waals surface area contributed by atoms with Gasteiger partial charge in [-0.3, -0.25) is 14.5 Å². The number of hydrogen-bond donors (Lipinski definition) is 0. The predicted molar refractivity (Wildman–Crippen MR) is 56.7 cm³/mol. The van der Waals surface area contributed by atoms with Gasteiger partial charge in [0.1, 0.15) is 0 Å². The molecule has 0 saturated carbocycles. The third kappa shape index (κ3) is 1.35. The van der Waals surface area contributed by atoms with Gasteiger partial charge in [-0.2, -0.15) is 0 Å². The summed E-state index contributed by atoms with van der Waals surface area (Å²) in [5, 5.41) is 0. The van der Waals surface area contributed by atoms with E-state index in [0.717, 1.165) is 11.1 Å². The largest absolute Gasteiger partial charge is 0.281 e. The van der Waals surface area contributed by atoms with Crippen LogP contribution in [0.15, 0.2) is 18.2 Å². The van der Waals surface area contributed by atoms with Crippen LogP contribution in [-0.2, 0) is 4.79 Å². The third-order valence-corrected chi connectivity index (χ3v) is 2.91. The zero-order valence-electron chi connectivity index (χ0n) is 9.07. The minimum Gasteiger partial charge on any atom is -0.281 e. The first-order valence-corrected chi connectivity index (χ1v) is 4.95. The molecule has 1 heterocycles. The molecule has 1 unspecified atom stereocenters. The van der Waals surface area contributed by atoms with Crippen molar-refractivity contribution in [1.82, 2.24) is 4.90 Å². The van der Waals surface area contributed by atoms with Gasteiger partial charge in [0.15, 0.2) is 0 Å². The monoisotopic (exact) mass is 203 g/mol. The van der Waals surface area contributed by atoms with Crippen LogP contribution in [-0.4, -0.2) is 23.8 Å². The summed E-state index contributed by atoms with van der Waals surface area (Å²) in [5.74, 6) is -0.545. The molecule has 1 aliphatic rings. The van der Waals surface area contributed by atoms with E-state index in [4.69, 9.17) is 0 Å². The van der Waals surface area contributed by atoms with Crippen molar-refractivity contribution in [3.8, 4) is 0 Å². The molecule has 0 bridgehead atoms. The van der Waals surface area contributed by atoms with E-state index < -0.39 is 0 Å². The maximum absolute atomic E-state index is 11.8. The number of likely N-dealkylation sites (N-methyl/N-ethyl adjacent to an activating group) is 1. The Morgan fingerprint density at radius 2 is 1.93 bits per heavy atom. The molecule has 1 aliphatic heterocycles. The molecule has 78 valence electrons. The molecule has 3 heteroatoms. The SMILES string of the molecule is Cc1ccc2c(c1)C(=O)N(C)C(=O)C2C. The van der Waals surface area contributed by atoms with E-state index in [1.807, 2.05) is 32.0 Å². The van der Waals surface area contributed by atoms with Crippen molar-refractivity contribution in [3.05, 3.63) is 34.9 Å². The zero-order chi connectivity index (χ0) is 11.2. The van der Waals surface area contributed by atoms with Crippen molar-refractivity contribution in [2.75, 3.05) is 7.05 Å². The number of carbonyl (C=O) groups is 2. The topological polar surface area (TPSA) is 37.4 Å². The van der Waals surface area contributed by atoms with E-state index in [1.54, 1.807) is 0 Å². The lowest BCUT2D eigenvalue weighted by Gasteiger charge is -2.28. The van der Waals surface area contributed by atoms with E-state index in [-0.39, 0.29) is 17.7 Å². The summed E-state index contributed by atoms with van der Waals surface area (Å²) in [5.41, 5.74) is 2.54. The van der Waals surface area contributed by atoms with Gasteiger partial charge < -0.3 is 0 Å². The van der Waals surface area contributed by atoms with Crippen LogP contribution in [0, 0.1) is 6.92 Å². The zero-order valence-corrected chi connectivity index (χ0v) is 9.07. The van der Waals surface area contributed by atoms with Crippen LogP contribution < -0.4 is 0 Å². The standard InChI is InChI=1S/C12H13NO2/c1-7-4-5-9-8(2)11(14)13(3)12(15)10(9)6-7/h4-6,8H,1-3H3. The summed E-state index contributed by atoms with van der Waals surface area (Å²) in [4.78, 5) is 24.7. The number of nitrogens with zero attached hydrogens (tertiary/aromatic N) is 1. The Labute approximate surface area is 88.7 Å². The first-order valence-electron chi connectivity index (χ1n) is 4.95. The summed E-state index contributed by atoms with van der Waals surface area (Å²) in [6.45, 7) is 3.77. The highest BCUT2D eigenvalue weighted by molar-refractivity contribution is 6.11. The summed E-state index contributed by atoms with van der Waals surface area (Å²) < 4.78 is 0. The van der Waals surface area contributed by atoms with Crippen molar-refractivity contribution in [2.24, 2.45) is 0 Å². The molecule has 0 aliphatic carbocycles. The molecular weight excluding hydrogens is 190 g/mol. The maximum atomic E-state index is 11.8. The number of benzene rings is 1. The Kier molecular flexibility index (Phi) is 2.11. The number of amides is 2. The molecule has 0 N–H and O–H groups in total. The second-order valence-electron chi connectivity index (χ2n) is 4.01. The average Bonchev–Trinajstić information content (AvgIpc) is 2.23. The Bertz CT molecular complexity index is 451. The van der Waals surface area contributed by atoms with E-state index in [9.17, 15) is 9.59 Å². The minimum absolute atomic E-state index is 0.128. The Morgan fingerprint density at radius 3 is 2.60 bits per heavy atom. The molecule has 1 aromatic carbocycles. The molecule has 0 fully saturated rings. The Morgan fingerprint density at radius 1 is 1.27 bits per heavy atom. The number of carbonyl (C=O) groups excluding carboxylic acids is 2. The molecule has 3 nitrogen and oxygen atoms in total. The highest BCUT2D eigenvalue weighted by Gasteiger charge is 2.33. The lowest BCUT2D eigenvalue weighted by Crippen LogP contribution is -2.41. The molecule has 15 heavy (non-hydrogen) atoms. The van der Waals surface area contributed by atoms with Crippen molar-refractivity contribution in [2.45, 2.75) is 19.8 Å². The maximum Gasteiger partial charge on any atom is 0.260 e. The van der Waals surface area contributed by atoms with Gasteiger partial charge in [-0.05, 0) is 25.5 Å². The van der Waals surface area contributed by atoms with Gasteiger partial charge in [-0.25, -0.2) is 0 Å². The van der Waals surface area contributed by atoms with Crippen LogP contribution in [0.2, 0.25) is 0 Å². The molecule has 0 aromatic heterocycles. The van der Waals surface area contributed by atoms with Gasteiger partial charge in [0.2, 0.25) is 5.91 Å². The van der Waals surface area contributed by atoms with Crippen LogP contribution >= 0.6 is 0 Å². The van der Waals surface area contributed by atoms with Gasteiger partial charge in [-0.1, -0.05) is 17.7 Å². The Hall–Kier alpha value is -1.64. The van der Waals surface area contributed by atoms with Gasteiger partial charge in [-0.15, -0.1) is 0 Å². The van der Waals surface area contributed by atoms with Gasteiger partial charge in [0.25, 0.3) is 5.91 Å².